The monoisotopic (exact) mass is 202 g/mol. The van der Waals surface area contributed by atoms with Crippen LogP contribution in [0.5, 0.6) is 0 Å². The predicted octanol–water partition coefficient (Wildman–Crippen LogP) is -2.92. The van der Waals surface area contributed by atoms with Crippen molar-refractivity contribution in [3.05, 3.63) is 0 Å². The molecule has 4 nitrogen and oxygen atoms in total. The van der Waals surface area contributed by atoms with E-state index >= 15 is 0 Å². The van der Waals surface area contributed by atoms with Gasteiger partial charge in [-0.05, 0) is 0 Å². The van der Waals surface area contributed by atoms with Crippen molar-refractivity contribution >= 4 is 15.9 Å². The normalized spacial score (nSPS) is 8.83. The summed E-state index contributed by atoms with van der Waals surface area (Å²) in [6.45, 7) is 2.47. The zero-order valence-corrected chi connectivity index (χ0v) is 11.2. The topological polar surface area (TPSA) is 36.9 Å². The van der Waals surface area contributed by atoms with Crippen molar-refractivity contribution in [3.63, 3.8) is 0 Å². The quantitative estimate of drug-likeness (QED) is 0.312. The van der Waals surface area contributed by atoms with E-state index in [1.54, 1.807) is 14.2 Å². The summed E-state index contributed by atoms with van der Waals surface area (Å²) in [5.41, 5.74) is 0. The standard InChI is InChI=1S/2C3H7O2.Al.Na.2H/c2*1-5-3-2-4;;;;/h2*2-3H2,1H3;;;;/q2*-1;+3;+1;2*-1. The van der Waals surface area contributed by atoms with Crippen LogP contribution in [-0.2, 0) is 17.1 Å². The first-order chi connectivity index (χ1) is 5.41. The molecule has 0 atom stereocenters. The van der Waals surface area contributed by atoms with E-state index in [9.17, 15) is 0 Å². The largest absolute Gasteiger partial charge is 1.00 e. The first kappa shape index (κ1) is 15.8. The Hall–Kier alpha value is 1.37. The zero-order chi connectivity index (χ0) is 8.36. The van der Waals surface area contributed by atoms with E-state index in [-0.39, 0.29) is 48.3 Å². The Morgan fingerprint density at radius 3 is 1.67 bits per heavy atom. The van der Waals surface area contributed by atoms with Crippen molar-refractivity contribution in [1.29, 1.82) is 0 Å². The molecule has 0 fully saturated rings. The number of ether oxygens (including phenoxy) is 2. The average molecular weight is 202 g/mol. The van der Waals surface area contributed by atoms with Crippen LogP contribution in [0.2, 0.25) is 0 Å². The summed E-state index contributed by atoms with van der Waals surface area (Å²) in [6.07, 6.45) is 0. The summed E-state index contributed by atoms with van der Waals surface area (Å²) >= 11 is -0.349. The summed E-state index contributed by atoms with van der Waals surface area (Å²) in [5.74, 6) is 0. The Bertz CT molecular complexity index is 76.9. The fourth-order valence-corrected chi connectivity index (χ4v) is 0.888. The molecule has 12 heavy (non-hydrogen) atoms. The van der Waals surface area contributed by atoms with Crippen molar-refractivity contribution in [2.75, 3.05) is 40.6 Å². The third-order valence-electron chi connectivity index (χ3n) is 0.947. The number of hydrogen-bond acceptors (Lipinski definition) is 4. The van der Waals surface area contributed by atoms with Gasteiger partial charge >= 0.3 is 103 Å². The second-order valence-electron chi connectivity index (χ2n) is 1.82. The molecule has 0 aliphatic heterocycles. The zero-order valence-electron chi connectivity index (χ0n) is 10.0. The minimum atomic E-state index is -0.349. The van der Waals surface area contributed by atoms with Crippen LogP contribution in [0.3, 0.4) is 0 Å². The smallest absolute Gasteiger partial charge is 1.00 e. The molecule has 68 valence electrons. The molecule has 6 heteroatoms. The van der Waals surface area contributed by atoms with E-state index in [0.717, 1.165) is 0 Å². The van der Waals surface area contributed by atoms with Crippen LogP contribution in [0, 0.1) is 0 Å². The molecule has 0 aliphatic carbocycles. The van der Waals surface area contributed by atoms with Gasteiger partial charge in [0.25, 0.3) is 0 Å². The van der Waals surface area contributed by atoms with E-state index in [1.165, 1.54) is 0 Å². The third-order valence-corrected chi connectivity index (χ3v) is 1.69. The summed E-state index contributed by atoms with van der Waals surface area (Å²) in [6, 6.07) is 0. The molecule has 0 unspecified atom stereocenters. The van der Waals surface area contributed by atoms with Crippen LogP contribution in [0.15, 0.2) is 0 Å². The van der Waals surface area contributed by atoms with Crippen molar-refractivity contribution in [2.24, 2.45) is 0 Å². The van der Waals surface area contributed by atoms with Crippen LogP contribution in [0.4, 0.5) is 0 Å². The Balaban J connectivity index is -0.000000167. The number of methoxy groups -OCH3 is 2. The minimum Gasteiger partial charge on any atom is -1.00 e. The summed E-state index contributed by atoms with van der Waals surface area (Å²) in [7, 11) is 3.29. The van der Waals surface area contributed by atoms with Crippen molar-refractivity contribution < 1.29 is 49.5 Å². The molecule has 0 aliphatic rings. The van der Waals surface area contributed by atoms with Gasteiger partial charge in [-0.15, -0.1) is 0 Å². The molecule has 0 saturated carbocycles. The van der Waals surface area contributed by atoms with E-state index in [1.807, 2.05) is 0 Å². The Morgan fingerprint density at radius 2 is 1.33 bits per heavy atom. The fourth-order valence-electron chi connectivity index (χ4n) is 0.407. The van der Waals surface area contributed by atoms with Gasteiger partial charge in [0.15, 0.2) is 0 Å². The molecule has 0 aromatic rings. The fraction of sp³-hybridized carbons (Fsp3) is 1.00. The molecule has 0 saturated heterocycles. The molecular formula is C6H16AlNaO4. The van der Waals surface area contributed by atoms with Gasteiger partial charge in [0.1, 0.15) is 0 Å². The molecule has 0 amide bonds. The van der Waals surface area contributed by atoms with Gasteiger partial charge in [-0.25, -0.2) is 0 Å². The molecule has 0 rings (SSSR count). The van der Waals surface area contributed by atoms with Crippen LogP contribution < -0.4 is 29.6 Å². The van der Waals surface area contributed by atoms with Crippen molar-refractivity contribution in [3.8, 4) is 0 Å². The van der Waals surface area contributed by atoms with E-state index in [4.69, 9.17) is 17.1 Å². The number of hydrogen-bond donors (Lipinski definition) is 0. The summed E-state index contributed by atoms with van der Waals surface area (Å²) in [4.78, 5) is 0. The molecule has 0 N–H and O–H groups in total. The van der Waals surface area contributed by atoms with Gasteiger partial charge in [0.05, 0.1) is 0 Å². The molecule has 0 aromatic heterocycles. The number of rotatable bonds is 8. The predicted molar refractivity (Wildman–Crippen MR) is 43.6 cm³/mol. The average Bonchev–Trinajstić information content (AvgIpc) is 2.03. The van der Waals surface area contributed by atoms with Crippen LogP contribution in [0.25, 0.3) is 0 Å². The van der Waals surface area contributed by atoms with Gasteiger partial charge in [-0.1, -0.05) is 0 Å². The van der Waals surface area contributed by atoms with E-state index in [0.29, 0.717) is 26.4 Å². The maximum atomic E-state index is 5.10. The first-order valence-electron chi connectivity index (χ1n) is 3.44. The van der Waals surface area contributed by atoms with Gasteiger partial charge in [0, 0.05) is 0 Å². The van der Waals surface area contributed by atoms with Gasteiger partial charge in [-0.2, -0.15) is 0 Å². The Labute approximate surface area is 106 Å². The van der Waals surface area contributed by atoms with Crippen LogP contribution >= 0.6 is 0 Å². The van der Waals surface area contributed by atoms with Crippen LogP contribution in [-0.4, -0.2) is 56.5 Å². The Kier molecular flexibility index (Phi) is 19.6. The third kappa shape index (κ3) is 13.9. The van der Waals surface area contributed by atoms with Crippen LogP contribution in [0.1, 0.15) is 2.85 Å². The molecule has 0 radical (unpaired) electrons. The second kappa shape index (κ2) is 14.9. The molecule has 0 aromatic carbocycles. The van der Waals surface area contributed by atoms with E-state index < -0.39 is 0 Å². The molecular weight excluding hydrogens is 186 g/mol. The van der Waals surface area contributed by atoms with Gasteiger partial charge < -0.3 is 2.85 Å². The SMILES string of the molecule is COCC[O][Al+][O]CCOC.[H-].[H-].[Na+]. The second-order valence-corrected chi connectivity index (χ2v) is 2.68. The Morgan fingerprint density at radius 1 is 0.917 bits per heavy atom. The van der Waals surface area contributed by atoms with Crippen molar-refractivity contribution in [1.82, 2.24) is 0 Å². The minimum absolute atomic E-state index is 0. The maximum absolute atomic E-state index is 5.10. The summed E-state index contributed by atoms with van der Waals surface area (Å²) < 4.78 is 19.8. The molecule has 0 heterocycles. The first-order valence-corrected chi connectivity index (χ1v) is 4.39. The van der Waals surface area contributed by atoms with E-state index in [2.05, 4.69) is 0 Å². The molecule has 0 spiro atoms. The van der Waals surface area contributed by atoms with Gasteiger partial charge in [0.2, 0.25) is 0 Å². The van der Waals surface area contributed by atoms with Gasteiger partial charge in [-0.3, -0.25) is 0 Å². The van der Waals surface area contributed by atoms with Crippen molar-refractivity contribution in [2.45, 2.75) is 0 Å². The maximum Gasteiger partial charge on any atom is 1.00 e. The molecule has 0 bridgehead atoms. The summed E-state index contributed by atoms with van der Waals surface area (Å²) in [5, 5.41) is 0.